The molecule has 0 bridgehead atoms. The van der Waals surface area contributed by atoms with Gasteiger partial charge in [-0.1, -0.05) is 0 Å². The maximum Gasteiger partial charge on any atom is 0.308 e. The molecule has 2 saturated heterocycles. The van der Waals surface area contributed by atoms with Crippen LogP contribution in [0, 0.1) is 22.7 Å². The minimum atomic E-state index is -1.02. The molecule has 1 atom stereocenters. The van der Waals surface area contributed by atoms with Gasteiger partial charge in [0.1, 0.15) is 5.41 Å². The number of nitrogens with zero attached hydrogens (tertiary/aromatic N) is 2. The van der Waals surface area contributed by atoms with Crippen molar-refractivity contribution < 1.29 is 19.4 Å². The molecule has 0 aromatic heterocycles. The van der Waals surface area contributed by atoms with Gasteiger partial charge in [-0.05, 0) is 25.7 Å². The lowest BCUT2D eigenvalue weighted by Crippen LogP contribution is -2.50. The van der Waals surface area contributed by atoms with Crippen LogP contribution in [-0.2, 0) is 14.3 Å². The van der Waals surface area contributed by atoms with E-state index in [1.807, 2.05) is 0 Å². The summed E-state index contributed by atoms with van der Waals surface area (Å²) in [6, 6.07) is 2.14. The van der Waals surface area contributed by atoms with E-state index in [0.717, 1.165) is 0 Å². The highest BCUT2D eigenvalue weighted by atomic mass is 16.5. The first-order chi connectivity index (χ1) is 9.09. The highest BCUT2D eigenvalue weighted by Gasteiger charge is 2.44. The van der Waals surface area contributed by atoms with E-state index >= 15 is 0 Å². The fourth-order valence-corrected chi connectivity index (χ4v) is 2.76. The molecule has 1 amide bonds. The number of aliphatic carboxylic acids is 1. The van der Waals surface area contributed by atoms with Gasteiger partial charge >= 0.3 is 5.97 Å². The fourth-order valence-electron chi connectivity index (χ4n) is 2.76. The summed E-state index contributed by atoms with van der Waals surface area (Å²) in [6.45, 7) is 1.59. The molecule has 0 radical (unpaired) electrons. The number of rotatable bonds is 2. The number of amides is 1. The lowest BCUT2D eigenvalue weighted by atomic mass is 9.79. The van der Waals surface area contributed by atoms with E-state index in [0.29, 0.717) is 45.4 Å². The molecule has 2 fully saturated rings. The van der Waals surface area contributed by atoms with E-state index in [2.05, 4.69) is 6.07 Å². The molecule has 0 saturated carbocycles. The topological polar surface area (TPSA) is 90.6 Å². The van der Waals surface area contributed by atoms with E-state index in [1.54, 1.807) is 4.90 Å². The molecular weight excluding hydrogens is 248 g/mol. The van der Waals surface area contributed by atoms with Gasteiger partial charge in [0, 0.05) is 26.3 Å². The number of nitriles is 1. The van der Waals surface area contributed by atoms with Gasteiger partial charge in [0.15, 0.2) is 0 Å². The van der Waals surface area contributed by atoms with Crippen LogP contribution in [0.15, 0.2) is 0 Å². The minimum absolute atomic E-state index is 0.218. The number of carbonyl (C=O) groups is 2. The Balaban J connectivity index is 2.09. The number of piperidine rings is 1. The molecule has 104 valence electrons. The molecule has 2 heterocycles. The average Bonchev–Trinajstić information content (AvgIpc) is 2.47. The van der Waals surface area contributed by atoms with Crippen molar-refractivity contribution in [1.82, 2.24) is 4.90 Å². The third-order valence-electron chi connectivity index (χ3n) is 4.03. The molecule has 2 aliphatic rings. The Bertz CT molecular complexity index is 409. The van der Waals surface area contributed by atoms with Crippen LogP contribution in [0.1, 0.15) is 25.7 Å². The van der Waals surface area contributed by atoms with Gasteiger partial charge in [-0.25, -0.2) is 0 Å². The van der Waals surface area contributed by atoms with Gasteiger partial charge in [0.05, 0.1) is 12.0 Å². The van der Waals surface area contributed by atoms with Crippen molar-refractivity contribution >= 4 is 11.9 Å². The zero-order chi connectivity index (χ0) is 13.9. The van der Waals surface area contributed by atoms with Crippen LogP contribution >= 0.6 is 0 Å². The lowest BCUT2D eigenvalue weighted by Gasteiger charge is -2.38. The van der Waals surface area contributed by atoms with Crippen molar-refractivity contribution in [1.29, 1.82) is 5.26 Å². The first-order valence-electron chi connectivity index (χ1n) is 6.60. The second kappa shape index (κ2) is 5.57. The molecule has 6 nitrogen and oxygen atoms in total. The summed E-state index contributed by atoms with van der Waals surface area (Å²) in [4.78, 5) is 25.1. The predicted octanol–water partition coefficient (Wildman–Crippen LogP) is 0.630. The number of carbonyl (C=O) groups excluding carboxylic acids is 1. The summed E-state index contributed by atoms with van der Waals surface area (Å²) in [7, 11) is 0. The van der Waals surface area contributed by atoms with E-state index in [1.165, 1.54) is 0 Å². The molecule has 0 spiro atoms. The Morgan fingerprint density at radius 3 is 2.63 bits per heavy atom. The molecule has 2 aliphatic heterocycles. The number of carboxylic acids is 1. The molecule has 0 aromatic rings. The van der Waals surface area contributed by atoms with Crippen LogP contribution in [0.4, 0.5) is 0 Å². The van der Waals surface area contributed by atoms with Crippen molar-refractivity contribution in [2.75, 3.05) is 26.3 Å². The largest absolute Gasteiger partial charge is 0.481 e. The van der Waals surface area contributed by atoms with Crippen LogP contribution in [0.3, 0.4) is 0 Å². The Hall–Kier alpha value is -1.61. The van der Waals surface area contributed by atoms with Crippen LogP contribution in [-0.4, -0.2) is 48.2 Å². The molecular formula is C13H18N2O4. The normalized spacial score (nSPS) is 26.5. The summed E-state index contributed by atoms with van der Waals surface area (Å²) >= 11 is 0. The Morgan fingerprint density at radius 2 is 2.05 bits per heavy atom. The number of carboxylic acid groups (broad SMARTS) is 1. The van der Waals surface area contributed by atoms with Gasteiger partial charge in [-0.3, -0.25) is 9.59 Å². The number of hydrogen-bond donors (Lipinski definition) is 1. The number of ether oxygens (including phenoxy) is 1. The van der Waals surface area contributed by atoms with Crippen molar-refractivity contribution in [2.24, 2.45) is 11.3 Å². The van der Waals surface area contributed by atoms with Crippen LogP contribution in [0.5, 0.6) is 0 Å². The SMILES string of the molecule is N#CC1(C(=O)N2CCC[C@H](C(=O)O)C2)CCOCC1. The van der Waals surface area contributed by atoms with Gasteiger partial charge in [-0.2, -0.15) is 5.26 Å². The quantitative estimate of drug-likeness (QED) is 0.791. The molecule has 0 aliphatic carbocycles. The highest BCUT2D eigenvalue weighted by Crippen LogP contribution is 2.33. The monoisotopic (exact) mass is 266 g/mol. The average molecular weight is 266 g/mol. The summed E-state index contributed by atoms with van der Waals surface area (Å²) in [5.74, 6) is -1.59. The Labute approximate surface area is 111 Å². The molecule has 19 heavy (non-hydrogen) atoms. The zero-order valence-corrected chi connectivity index (χ0v) is 10.8. The minimum Gasteiger partial charge on any atom is -0.481 e. The van der Waals surface area contributed by atoms with Gasteiger partial charge < -0.3 is 14.7 Å². The molecule has 2 rings (SSSR count). The standard InChI is InChI=1S/C13H18N2O4/c14-9-13(3-6-19-7-4-13)12(18)15-5-1-2-10(8-15)11(16)17/h10H,1-8H2,(H,16,17)/t10-/m0/s1. The van der Waals surface area contributed by atoms with Crippen LogP contribution in [0.25, 0.3) is 0 Å². The zero-order valence-electron chi connectivity index (χ0n) is 10.8. The first kappa shape index (κ1) is 13.8. The van der Waals surface area contributed by atoms with Crippen molar-refractivity contribution in [2.45, 2.75) is 25.7 Å². The van der Waals surface area contributed by atoms with Crippen molar-refractivity contribution in [3.8, 4) is 6.07 Å². The van der Waals surface area contributed by atoms with E-state index < -0.39 is 17.3 Å². The van der Waals surface area contributed by atoms with Crippen molar-refractivity contribution in [3.05, 3.63) is 0 Å². The summed E-state index contributed by atoms with van der Waals surface area (Å²) in [5, 5.41) is 18.4. The summed E-state index contributed by atoms with van der Waals surface area (Å²) < 4.78 is 5.21. The van der Waals surface area contributed by atoms with E-state index in [4.69, 9.17) is 9.84 Å². The summed E-state index contributed by atoms with van der Waals surface area (Å²) in [5.41, 5.74) is -1.02. The van der Waals surface area contributed by atoms with Gasteiger partial charge in [0.2, 0.25) is 5.91 Å². The third-order valence-corrected chi connectivity index (χ3v) is 4.03. The van der Waals surface area contributed by atoms with Gasteiger partial charge in [0.25, 0.3) is 0 Å². The van der Waals surface area contributed by atoms with Crippen molar-refractivity contribution in [3.63, 3.8) is 0 Å². The molecule has 0 unspecified atom stereocenters. The maximum atomic E-state index is 12.5. The second-order valence-electron chi connectivity index (χ2n) is 5.23. The first-order valence-corrected chi connectivity index (χ1v) is 6.60. The Morgan fingerprint density at radius 1 is 1.37 bits per heavy atom. The van der Waals surface area contributed by atoms with Crippen LogP contribution in [0.2, 0.25) is 0 Å². The smallest absolute Gasteiger partial charge is 0.308 e. The second-order valence-corrected chi connectivity index (χ2v) is 5.23. The summed E-state index contributed by atoms with van der Waals surface area (Å²) in [6.07, 6.45) is 2.08. The molecule has 0 aromatic carbocycles. The Kier molecular flexibility index (Phi) is 4.05. The van der Waals surface area contributed by atoms with E-state index in [9.17, 15) is 14.9 Å². The number of likely N-dealkylation sites (tertiary alicyclic amines) is 1. The van der Waals surface area contributed by atoms with E-state index in [-0.39, 0.29) is 12.5 Å². The predicted molar refractivity (Wildman–Crippen MR) is 65.0 cm³/mol. The van der Waals surface area contributed by atoms with Gasteiger partial charge in [-0.15, -0.1) is 0 Å². The lowest BCUT2D eigenvalue weighted by molar-refractivity contribution is -0.150. The molecule has 6 heteroatoms. The third kappa shape index (κ3) is 2.71. The molecule has 1 N–H and O–H groups in total. The number of hydrogen-bond acceptors (Lipinski definition) is 4. The maximum absolute atomic E-state index is 12.5. The highest BCUT2D eigenvalue weighted by molar-refractivity contribution is 5.86. The van der Waals surface area contributed by atoms with Crippen LogP contribution < -0.4 is 0 Å². The fraction of sp³-hybridized carbons (Fsp3) is 0.769.